The van der Waals surface area contributed by atoms with Gasteiger partial charge in [0.25, 0.3) is 0 Å². The maximum Gasteiger partial charge on any atom is 0.0853 e. The van der Waals surface area contributed by atoms with Crippen molar-refractivity contribution in [3.63, 3.8) is 0 Å². The zero-order valence-corrected chi connectivity index (χ0v) is 9.82. The molecule has 2 aliphatic rings. The Balaban J connectivity index is 1.70. The van der Waals surface area contributed by atoms with Crippen molar-refractivity contribution >= 4 is 0 Å². The van der Waals surface area contributed by atoms with Crippen LogP contribution in [0.15, 0.2) is 0 Å². The Labute approximate surface area is 93.0 Å². The lowest BCUT2D eigenvalue weighted by atomic mass is 10.0. The van der Waals surface area contributed by atoms with Crippen LogP contribution in [-0.2, 0) is 4.74 Å². The number of likely N-dealkylation sites (N-methyl/N-ethyl adjacent to an activating group) is 1. The van der Waals surface area contributed by atoms with Crippen LogP contribution in [0.5, 0.6) is 0 Å². The van der Waals surface area contributed by atoms with E-state index in [1.165, 1.54) is 19.3 Å². The smallest absolute Gasteiger partial charge is 0.0853 e. The third-order valence-corrected chi connectivity index (χ3v) is 3.71. The topological polar surface area (TPSA) is 38.5 Å². The fourth-order valence-electron chi connectivity index (χ4n) is 2.30. The van der Waals surface area contributed by atoms with E-state index in [1.807, 2.05) is 0 Å². The number of hydrogen-bond donors (Lipinski definition) is 1. The summed E-state index contributed by atoms with van der Waals surface area (Å²) in [5.74, 6) is 0.988. The first-order chi connectivity index (χ1) is 7.29. The second-order valence-corrected chi connectivity index (χ2v) is 4.99. The second kappa shape index (κ2) is 5.28. The monoisotopic (exact) mass is 212 g/mol. The van der Waals surface area contributed by atoms with Crippen LogP contribution in [0.3, 0.4) is 0 Å². The van der Waals surface area contributed by atoms with Gasteiger partial charge >= 0.3 is 0 Å². The van der Waals surface area contributed by atoms with Crippen molar-refractivity contribution in [3.8, 4) is 0 Å². The molecule has 1 aliphatic carbocycles. The second-order valence-electron chi connectivity index (χ2n) is 4.99. The van der Waals surface area contributed by atoms with Gasteiger partial charge in [-0.1, -0.05) is 19.8 Å². The van der Waals surface area contributed by atoms with E-state index in [-0.39, 0.29) is 12.1 Å². The Kier molecular flexibility index (Phi) is 4.00. The van der Waals surface area contributed by atoms with E-state index in [2.05, 4.69) is 11.8 Å². The van der Waals surface area contributed by atoms with E-state index in [4.69, 9.17) is 10.5 Å². The van der Waals surface area contributed by atoms with Crippen LogP contribution in [0.2, 0.25) is 0 Å². The standard InChI is InChI=1S/C12H24N2O/c1-2-14-7-8-15-12(9-14)11(13)6-5-10-3-4-10/h10-12H,2-9,13H2,1H3. The summed E-state index contributed by atoms with van der Waals surface area (Å²) in [5, 5.41) is 0. The van der Waals surface area contributed by atoms with Crippen LogP contribution in [0, 0.1) is 5.92 Å². The molecule has 0 amide bonds. The summed E-state index contributed by atoms with van der Waals surface area (Å²) in [6.45, 7) is 6.29. The van der Waals surface area contributed by atoms with Crippen LogP contribution in [0.1, 0.15) is 32.6 Å². The summed E-state index contributed by atoms with van der Waals surface area (Å²) < 4.78 is 5.76. The molecule has 1 saturated heterocycles. The van der Waals surface area contributed by atoms with Gasteiger partial charge in [0, 0.05) is 19.1 Å². The van der Waals surface area contributed by atoms with E-state index in [1.54, 1.807) is 0 Å². The molecular weight excluding hydrogens is 188 g/mol. The SMILES string of the molecule is CCN1CCOC(C(N)CCC2CC2)C1. The Morgan fingerprint density at radius 3 is 2.93 bits per heavy atom. The first-order valence-corrected chi connectivity index (χ1v) is 6.39. The molecule has 1 heterocycles. The molecule has 1 saturated carbocycles. The summed E-state index contributed by atoms with van der Waals surface area (Å²) in [6, 6.07) is 0.250. The Morgan fingerprint density at radius 2 is 2.27 bits per heavy atom. The third kappa shape index (κ3) is 3.44. The molecule has 88 valence electrons. The van der Waals surface area contributed by atoms with Gasteiger partial charge in [-0.15, -0.1) is 0 Å². The highest BCUT2D eigenvalue weighted by molar-refractivity contribution is 4.83. The molecule has 2 rings (SSSR count). The lowest BCUT2D eigenvalue weighted by Crippen LogP contribution is -2.50. The zero-order chi connectivity index (χ0) is 10.7. The fraction of sp³-hybridized carbons (Fsp3) is 1.00. The number of nitrogens with zero attached hydrogens (tertiary/aromatic N) is 1. The van der Waals surface area contributed by atoms with Crippen LogP contribution in [0.4, 0.5) is 0 Å². The maximum absolute atomic E-state index is 6.19. The van der Waals surface area contributed by atoms with Crippen molar-refractivity contribution in [1.29, 1.82) is 0 Å². The minimum absolute atomic E-state index is 0.250. The highest BCUT2D eigenvalue weighted by Gasteiger charge is 2.27. The molecule has 2 N–H and O–H groups in total. The normalized spacial score (nSPS) is 30.4. The van der Waals surface area contributed by atoms with Crippen molar-refractivity contribution in [2.75, 3.05) is 26.2 Å². The lowest BCUT2D eigenvalue weighted by Gasteiger charge is -2.35. The molecule has 15 heavy (non-hydrogen) atoms. The zero-order valence-electron chi connectivity index (χ0n) is 9.82. The van der Waals surface area contributed by atoms with E-state index < -0.39 is 0 Å². The molecule has 0 radical (unpaired) electrons. The predicted molar refractivity (Wildman–Crippen MR) is 61.8 cm³/mol. The molecule has 0 spiro atoms. The van der Waals surface area contributed by atoms with Gasteiger partial charge in [-0.25, -0.2) is 0 Å². The molecule has 1 aliphatic heterocycles. The van der Waals surface area contributed by atoms with Gasteiger partial charge in [-0.3, -0.25) is 4.90 Å². The van der Waals surface area contributed by atoms with E-state index in [0.29, 0.717) is 0 Å². The molecule has 2 unspecified atom stereocenters. The minimum Gasteiger partial charge on any atom is -0.374 e. The van der Waals surface area contributed by atoms with Gasteiger partial charge in [-0.05, 0) is 25.3 Å². The van der Waals surface area contributed by atoms with Gasteiger partial charge < -0.3 is 10.5 Å². The Morgan fingerprint density at radius 1 is 1.47 bits per heavy atom. The van der Waals surface area contributed by atoms with E-state index in [9.17, 15) is 0 Å². The van der Waals surface area contributed by atoms with Crippen LogP contribution in [0.25, 0.3) is 0 Å². The highest BCUT2D eigenvalue weighted by Crippen LogP contribution is 2.34. The molecule has 2 fully saturated rings. The summed E-state index contributed by atoms with van der Waals surface area (Å²) in [6.07, 6.45) is 5.59. The average molecular weight is 212 g/mol. The fourth-order valence-corrected chi connectivity index (χ4v) is 2.30. The van der Waals surface area contributed by atoms with Crippen molar-refractivity contribution in [3.05, 3.63) is 0 Å². The molecule has 0 aromatic rings. The Bertz CT molecular complexity index is 194. The van der Waals surface area contributed by atoms with Crippen LogP contribution < -0.4 is 5.73 Å². The summed E-state index contributed by atoms with van der Waals surface area (Å²) >= 11 is 0. The van der Waals surface area contributed by atoms with Crippen molar-refractivity contribution in [1.82, 2.24) is 4.90 Å². The summed E-state index contributed by atoms with van der Waals surface area (Å²) in [4.78, 5) is 2.44. The van der Waals surface area contributed by atoms with Gasteiger partial charge in [0.1, 0.15) is 0 Å². The van der Waals surface area contributed by atoms with Gasteiger partial charge in [0.15, 0.2) is 0 Å². The molecule has 0 aromatic heterocycles. The van der Waals surface area contributed by atoms with Crippen LogP contribution in [-0.4, -0.2) is 43.3 Å². The minimum atomic E-state index is 0.250. The van der Waals surface area contributed by atoms with Crippen LogP contribution >= 0.6 is 0 Å². The quantitative estimate of drug-likeness (QED) is 0.745. The molecule has 3 nitrogen and oxygen atoms in total. The first kappa shape index (κ1) is 11.4. The highest BCUT2D eigenvalue weighted by atomic mass is 16.5. The number of rotatable bonds is 5. The lowest BCUT2D eigenvalue weighted by molar-refractivity contribution is -0.0402. The average Bonchev–Trinajstić information content (AvgIpc) is 3.10. The van der Waals surface area contributed by atoms with Crippen molar-refractivity contribution < 1.29 is 4.74 Å². The van der Waals surface area contributed by atoms with Gasteiger partial charge in [0.2, 0.25) is 0 Å². The Hall–Kier alpha value is -0.120. The van der Waals surface area contributed by atoms with E-state index in [0.717, 1.165) is 38.6 Å². The summed E-state index contributed by atoms with van der Waals surface area (Å²) in [7, 11) is 0. The first-order valence-electron chi connectivity index (χ1n) is 6.39. The number of ether oxygens (including phenoxy) is 1. The molecule has 0 aromatic carbocycles. The van der Waals surface area contributed by atoms with Gasteiger partial charge in [-0.2, -0.15) is 0 Å². The number of morpholine rings is 1. The van der Waals surface area contributed by atoms with E-state index >= 15 is 0 Å². The van der Waals surface area contributed by atoms with Gasteiger partial charge in [0.05, 0.1) is 12.7 Å². The van der Waals surface area contributed by atoms with Crippen molar-refractivity contribution in [2.24, 2.45) is 11.7 Å². The van der Waals surface area contributed by atoms with Crippen molar-refractivity contribution in [2.45, 2.75) is 44.8 Å². The summed E-state index contributed by atoms with van der Waals surface area (Å²) in [5.41, 5.74) is 6.19. The largest absolute Gasteiger partial charge is 0.374 e. The maximum atomic E-state index is 6.19. The number of hydrogen-bond acceptors (Lipinski definition) is 3. The predicted octanol–water partition coefficient (Wildman–Crippen LogP) is 1.22. The molecule has 3 heteroatoms. The third-order valence-electron chi connectivity index (χ3n) is 3.71. The molecule has 2 atom stereocenters. The number of nitrogens with two attached hydrogens (primary N) is 1. The molecular formula is C12H24N2O. The molecule has 0 bridgehead atoms.